The second-order valence-corrected chi connectivity index (χ2v) is 3.33. The zero-order valence-corrected chi connectivity index (χ0v) is 7.04. The lowest BCUT2D eigenvalue weighted by molar-refractivity contribution is 0.0115. The van der Waals surface area contributed by atoms with Crippen LogP contribution in [-0.2, 0) is 0 Å². The molecule has 1 aliphatic rings. The van der Waals surface area contributed by atoms with Gasteiger partial charge in [0.2, 0.25) is 0 Å². The maximum absolute atomic E-state index is 9.38. The Bertz CT molecular complexity index is 112. The Morgan fingerprint density at radius 1 is 1.70 bits per heavy atom. The molecule has 2 nitrogen and oxygen atoms in total. The molecule has 0 heterocycles. The zero-order chi connectivity index (χ0) is 7.72. The van der Waals surface area contributed by atoms with Crippen molar-refractivity contribution in [3.8, 4) is 0 Å². The summed E-state index contributed by atoms with van der Waals surface area (Å²) in [7, 11) is 2.00. The quantitative estimate of drug-likeness (QED) is 0.597. The molecule has 3 atom stereocenters. The van der Waals surface area contributed by atoms with Crippen LogP contribution in [0.5, 0.6) is 0 Å². The lowest BCUT2D eigenvalue weighted by atomic mass is 10.3. The fourth-order valence-corrected chi connectivity index (χ4v) is 1.38. The molecule has 0 amide bonds. The Morgan fingerprint density at radius 2 is 2.20 bits per heavy atom. The average molecular weight is 143 g/mol. The van der Waals surface area contributed by atoms with Crippen LogP contribution in [-0.4, -0.2) is 29.3 Å². The molecule has 1 saturated carbocycles. The maximum atomic E-state index is 9.38. The van der Waals surface area contributed by atoms with E-state index in [0.29, 0.717) is 6.04 Å². The predicted octanol–water partition coefficient (Wildman–Crippen LogP) is 1.05. The van der Waals surface area contributed by atoms with Crippen LogP contribution in [0.25, 0.3) is 0 Å². The number of hydrogen-bond donors (Lipinski definition) is 1. The van der Waals surface area contributed by atoms with Crippen LogP contribution in [0.2, 0.25) is 0 Å². The largest absolute Gasteiger partial charge is 0.378 e. The summed E-state index contributed by atoms with van der Waals surface area (Å²) in [4.78, 5) is 2.07. The lowest BCUT2D eigenvalue weighted by Crippen LogP contribution is -2.33. The molecule has 0 saturated heterocycles. The molecule has 60 valence electrons. The van der Waals surface area contributed by atoms with E-state index in [1.54, 1.807) is 0 Å². The molecule has 0 aliphatic heterocycles. The van der Waals surface area contributed by atoms with Gasteiger partial charge in [-0.05, 0) is 25.8 Å². The molecule has 0 spiro atoms. The predicted molar refractivity (Wildman–Crippen MR) is 41.6 cm³/mol. The summed E-state index contributed by atoms with van der Waals surface area (Å²) in [5.41, 5.74) is 0. The molecule has 1 N–H and O–H groups in total. The molecular weight excluding hydrogens is 126 g/mol. The van der Waals surface area contributed by atoms with E-state index in [1.807, 2.05) is 14.0 Å². The van der Waals surface area contributed by atoms with Crippen molar-refractivity contribution in [2.75, 3.05) is 7.05 Å². The number of aliphatic hydroxyl groups is 1. The Labute approximate surface area is 62.8 Å². The van der Waals surface area contributed by atoms with E-state index < -0.39 is 0 Å². The highest BCUT2D eigenvalue weighted by molar-refractivity contribution is 4.91. The minimum absolute atomic E-state index is 0.227. The van der Waals surface area contributed by atoms with Crippen LogP contribution in [0.1, 0.15) is 26.7 Å². The summed E-state index contributed by atoms with van der Waals surface area (Å²) >= 11 is 0. The standard InChI is InChI=1S/C8H17NO/c1-4-8(10)9(3)7-5-6(7)2/h6-8,10H,4-5H2,1-3H3. The topological polar surface area (TPSA) is 23.5 Å². The molecule has 0 aromatic carbocycles. The van der Waals surface area contributed by atoms with E-state index >= 15 is 0 Å². The van der Waals surface area contributed by atoms with Crippen molar-refractivity contribution in [2.24, 2.45) is 5.92 Å². The van der Waals surface area contributed by atoms with Crippen LogP contribution >= 0.6 is 0 Å². The van der Waals surface area contributed by atoms with E-state index in [2.05, 4.69) is 11.8 Å². The first kappa shape index (κ1) is 8.02. The summed E-state index contributed by atoms with van der Waals surface area (Å²) in [5, 5.41) is 9.38. The number of hydrogen-bond acceptors (Lipinski definition) is 2. The van der Waals surface area contributed by atoms with Gasteiger partial charge < -0.3 is 5.11 Å². The Kier molecular flexibility index (Phi) is 2.32. The molecule has 0 aromatic heterocycles. The van der Waals surface area contributed by atoms with Crippen molar-refractivity contribution in [1.29, 1.82) is 0 Å². The fraction of sp³-hybridized carbons (Fsp3) is 1.00. The molecule has 1 fully saturated rings. The Hall–Kier alpha value is -0.0800. The molecule has 1 rings (SSSR count). The average Bonchev–Trinajstić information content (AvgIpc) is 2.63. The minimum atomic E-state index is -0.227. The van der Waals surface area contributed by atoms with Gasteiger partial charge in [0, 0.05) is 6.04 Å². The van der Waals surface area contributed by atoms with Crippen molar-refractivity contribution in [2.45, 2.75) is 39.0 Å². The Morgan fingerprint density at radius 3 is 2.50 bits per heavy atom. The number of nitrogens with zero attached hydrogens (tertiary/aromatic N) is 1. The zero-order valence-electron chi connectivity index (χ0n) is 7.04. The highest BCUT2D eigenvalue weighted by Gasteiger charge is 2.37. The highest BCUT2D eigenvalue weighted by Crippen LogP contribution is 2.34. The molecule has 0 radical (unpaired) electrons. The number of rotatable bonds is 3. The first-order chi connectivity index (χ1) is 4.66. The minimum Gasteiger partial charge on any atom is -0.378 e. The van der Waals surface area contributed by atoms with Crippen molar-refractivity contribution in [1.82, 2.24) is 4.90 Å². The van der Waals surface area contributed by atoms with Gasteiger partial charge in [-0.15, -0.1) is 0 Å². The van der Waals surface area contributed by atoms with E-state index in [-0.39, 0.29) is 6.23 Å². The van der Waals surface area contributed by atoms with Crippen LogP contribution < -0.4 is 0 Å². The van der Waals surface area contributed by atoms with E-state index in [9.17, 15) is 5.11 Å². The van der Waals surface area contributed by atoms with E-state index in [0.717, 1.165) is 12.3 Å². The smallest absolute Gasteiger partial charge is 0.107 e. The molecule has 3 unspecified atom stereocenters. The third-order valence-corrected chi connectivity index (χ3v) is 2.43. The maximum Gasteiger partial charge on any atom is 0.107 e. The second kappa shape index (κ2) is 2.89. The monoisotopic (exact) mass is 143 g/mol. The van der Waals surface area contributed by atoms with Gasteiger partial charge in [0.1, 0.15) is 6.23 Å². The lowest BCUT2D eigenvalue weighted by Gasteiger charge is -2.21. The van der Waals surface area contributed by atoms with Gasteiger partial charge in [-0.25, -0.2) is 0 Å². The van der Waals surface area contributed by atoms with Crippen LogP contribution in [0.15, 0.2) is 0 Å². The summed E-state index contributed by atoms with van der Waals surface area (Å²) in [6.07, 6.45) is 1.86. The van der Waals surface area contributed by atoms with E-state index in [1.165, 1.54) is 6.42 Å². The molecule has 2 heteroatoms. The van der Waals surface area contributed by atoms with Gasteiger partial charge in [0.05, 0.1) is 0 Å². The van der Waals surface area contributed by atoms with Crippen molar-refractivity contribution in [3.63, 3.8) is 0 Å². The van der Waals surface area contributed by atoms with Gasteiger partial charge in [-0.1, -0.05) is 13.8 Å². The van der Waals surface area contributed by atoms with Crippen LogP contribution in [0.4, 0.5) is 0 Å². The summed E-state index contributed by atoms with van der Waals surface area (Å²) in [5.74, 6) is 0.797. The third-order valence-electron chi connectivity index (χ3n) is 2.43. The van der Waals surface area contributed by atoms with Gasteiger partial charge in [0.25, 0.3) is 0 Å². The molecular formula is C8H17NO. The summed E-state index contributed by atoms with van der Waals surface area (Å²) in [6.45, 7) is 4.23. The van der Waals surface area contributed by atoms with E-state index in [4.69, 9.17) is 0 Å². The van der Waals surface area contributed by atoms with Crippen molar-refractivity contribution in [3.05, 3.63) is 0 Å². The molecule has 10 heavy (non-hydrogen) atoms. The highest BCUT2D eigenvalue weighted by atomic mass is 16.3. The first-order valence-electron chi connectivity index (χ1n) is 4.06. The van der Waals surface area contributed by atoms with Crippen LogP contribution in [0.3, 0.4) is 0 Å². The number of aliphatic hydroxyl groups excluding tert-OH is 1. The fourth-order valence-electron chi connectivity index (χ4n) is 1.38. The summed E-state index contributed by atoms with van der Waals surface area (Å²) < 4.78 is 0. The van der Waals surface area contributed by atoms with Crippen LogP contribution in [0, 0.1) is 5.92 Å². The van der Waals surface area contributed by atoms with Crippen molar-refractivity contribution >= 4 is 0 Å². The summed E-state index contributed by atoms with van der Waals surface area (Å²) in [6, 6.07) is 0.648. The third kappa shape index (κ3) is 1.50. The first-order valence-corrected chi connectivity index (χ1v) is 4.06. The SMILES string of the molecule is CCC(O)N(C)C1CC1C. The molecule has 1 aliphatic carbocycles. The molecule has 0 bridgehead atoms. The van der Waals surface area contributed by atoms with Gasteiger partial charge in [0.15, 0.2) is 0 Å². The molecule has 0 aromatic rings. The van der Waals surface area contributed by atoms with Gasteiger partial charge in [-0.2, -0.15) is 0 Å². The van der Waals surface area contributed by atoms with Gasteiger partial charge >= 0.3 is 0 Å². The van der Waals surface area contributed by atoms with Gasteiger partial charge in [-0.3, -0.25) is 4.90 Å². The normalized spacial score (nSPS) is 34.5. The second-order valence-electron chi connectivity index (χ2n) is 3.33. The van der Waals surface area contributed by atoms with Crippen molar-refractivity contribution < 1.29 is 5.11 Å². The Balaban J connectivity index is 2.27.